The quantitative estimate of drug-likeness (QED) is 0.136. The van der Waals surface area contributed by atoms with Gasteiger partial charge in [-0.1, -0.05) is 0 Å². The zero-order chi connectivity index (χ0) is 12.9. The zero-order valence-electron chi connectivity index (χ0n) is 12.9. The van der Waals surface area contributed by atoms with Gasteiger partial charge in [0.05, 0.1) is 0 Å². The molecule has 0 unspecified atom stereocenters. The van der Waals surface area contributed by atoms with E-state index in [9.17, 15) is 0 Å². The Bertz CT molecular complexity index is 139. The van der Waals surface area contributed by atoms with E-state index >= 15 is 0 Å². The molecular weight excluding hydrogens is 295 g/mol. The Balaban J connectivity index is -0.0000000129. The Morgan fingerprint density at radius 1 is 0.833 bits per heavy atom. The summed E-state index contributed by atoms with van der Waals surface area (Å²) in [7, 11) is -4.12. The second-order valence-corrected chi connectivity index (χ2v) is 1.22. The number of carboxylic acid groups (broad SMARTS) is 1. The third-order valence-corrected chi connectivity index (χ3v) is 0.267. The van der Waals surface area contributed by atoms with Crippen LogP contribution in [0, 0.1) is 0 Å². The van der Waals surface area contributed by atoms with Crippen molar-refractivity contribution in [3.05, 3.63) is 0 Å². The van der Waals surface area contributed by atoms with Crippen molar-refractivity contribution in [3.63, 3.8) is 0 Å². The summed E-state index contributed by atoms with van der Waals surface area (Å²) in [5.41, 5.74) is 0. The second kappa shape index (κ2) is 31.4. The van der Waals surface area contributed by atoms with Crippen LogP contribution >= 0.6 is 0 Å². The third kappa shape index (κ3) is 81.0. The summed E-state index contributed by atoms with van der Waals surface area (Å²) in [4.78, 5) is 17.3. The number of hydrogen-bond acceptors (Lipinski definition) is 11. The van der Waals surface area contributed by atoms with Crippen LogP contribution < -0.4 is 88.7 Å². The van der Waals surface area contributed by atoms with Crippen LogP contribution in [0.2, 0.25) is 0 Å². The van der Waals surface area contributed by atoms with Crippen molar-refractivity contribution in [3.8, 4) is 0 Å². The number of rotatable bonds is 2. The van der Waals surface area contributed by atoms with E-state index < -0.39 is 20.8 Å². The molecule has 0 radical (unpaired) electrons. The Labute approximate surface area is 172 Å². The van der Waals surface area contributed by atoms with E-state index in [1.807, 2.05) is 0 Å². The first-order valence-corrected chi connectivity index (χ1v) is 2.68. The summed E-state index contributed by atoms with van der Waals surface area (Å²) < 4.78 is 0. The van der Waals surface area contributed by atoms with Crippen LogP contribution in [0.1, 0.15) is 4.28 Å². The van der Waals surface area contributed by atoms with Gasteiger partial charge in [0.1, 0.15) is 0 Å². The molecule has 0 heterocycles. The minimum atomic E-state index is -2.06. The zero-order valence-corrected chi connectivity index (χ0v) is 15.9. The van der Waals surface area contributed by atoms with Gasteiger partial charge in [0.2, 0.25) is 0 Å². The van der Waals surface area contributed by atoms with Gasteiger partial charge in [0.15, 0.2) is 0 Å². The second-order valence-electron chi connectivity index (χ2n) is 1.22. The molecule has 8 N–H and O–H groups in total. The van der Waals surface area contributed by atoms with Gasteiger partial charge < -0.3 is 29.5 Å². The molecule has 12 nitrogen and oxygen atoms in total. The molecule has 18 heavy (non-hydrogen) atoms. The molecule has 0 bridgehead atoms. The maximum Gasteiger partial charge on any atom is 1.00 e. The molecule has 96 valence electrons. The first kappa shape index (κ1) is 36.9. The molecule has 0 aliphatic carbocycles. The van der Waals surface area contributed by atoms with Gasteiger partial charge in [-0.05, 0) is 0 Å². The van der Waals surface area contributed by atoms with Crippen molar-refractivity contribution in [2.24, 2.45) is 0 Å². The van der Waals surface area contributed by atoms with E-state index in [1.54, 1.807) is 0 Å². The summed E-state index contributed by atoms with van der Waals surface area (Å²) in [5.74, 6) is 0. The normalized spacial score (nSPS) is 6.17. The molecule has 0 aromatic rings. The van der Waals surface area contributed by atoms with Crippen LogP contribution in [-0.2, 0) is 14.5 Å². The van der Waals surface area contributed by atoms with Crippen molar-refractivity contribution in [1.29, 1.82) is 0 Å². The van der Waals surface area contributed by atoms with Crippen LogP contribution in [0.25, 0.3) is 0 Å². The number of hydrogen-bond donors (Lipinski definition) is 8. The molecular formula is CH11B2Na3O12. The largest absolute Gasteiger partial charge is 1.00 e. The molecule has 0 aliphatic heterocycles. The average molecular weight is 306 g/mol. The van der Waals surface area contributed by atoms with Crippen LogP contribution in [-0.4, -0.2) is 61.8 Å². The predicted octanol–water partition coefficient (Wildman–Crippen LogP) is -11.6. The Morgan fingerprint density at radius 2 is 0.944 bits per heavy atom. The van der Waals surface area contributed by atoms with Crippen LogP contribution in [0.15, 0.2) is 0 Å². The molecule has 0 fully saturated rings. The fourth-order valence-corrected chi connectivity index (χ4v) is 0. The molecule has 0 atom stereocenters. The molecule has 0 aromatic heterocycles. The Morgan fingerprint density at radius 3 is 0.944 bits per heavy atom. The fourth-order valence-electron chi connectivity index (χ4n) is 0. The standard InChI is InChI=1S/CH2O4.2BH3O4.3Na.3H/c3*2-1(3)5-4;;;;;;/h4H,(H,2,3);2*2-4H;;;;;;/q;;;3*+1;3*-1. The molecule has 0 saturated carbocycles. The summed E-state index contributed by atoms with van der Waals surface area (Å²) in [5, 5.41) is 58.4. The first-order chi connectivity index (χ1) is 6.81. The summed E-state index contributed by atoms with van der Waals surface area (Å²) in [6, 6.07) is 0. The van der Waals surface area contributed by atoms with Gasteiger partial charge in [-0.3, -0.25) is 15.4 Å². The van der Waals surface area contributed by atoms with Gasteiger partial charge in [0, 0.05) is 0 Å². The molecule has 0 amide bonds. The molecule has 0 aliphatic rings. The van der Waals surface area contributed by atoms with Crippen LogP contribution in [0.4, 0.5) is 4.79 Å². The van der Waals surface area contributed by atoms with E-state index in [2.05, 4.69) is 14.5 Å². The van der Waals surface area contributed by atoms with Crippen molar-refractivity contribution in [1.82, 2.24) is 0 Å². The van der Waals surface area contributed by atoms with Gasteiger partial charge in [0.25, 0.3) is 0 Å². The van der Waals surface area contributed by atoms with E-state index in [-0.39, 0.29) is 93.0 Å². The maximum absolute atomic E-state index is 8.90. The van der Waals surface area contributed by atoms with Gasteiger partial charge in [-0.25, -0.2) is 14.4 Å². The fraction of sp³-hybridized carbons (Fsp3) is 0. The first-order valence-electron chi connectivity index (χ1n) is 2.68. The molecule has 0 saturated heterocycles. The Kier molecular flexibility index (Phi) is 64.4. The monoisotopic (exact) mass is 306 g/mol. The predicted molar refractivity (Wildman–Crippen MR) is 42.9 cm³/mol. The van der Waals surface area contributed by atoms with Crippen molar-refractivity contribution >= 4 is 20.8 Å². The molecule has 0 rings (SSSR count). The van der Waals surface area contributed by atoms with E-state index in [1.165, 1.54) is 0 Å². The van der Waals surface area contributed by atoms with Crippen LogP contribution in [0.3, 0.4) is 0 Å². The Hall–Kier alpha value is 2.04. The third-order valence-electron chi connectivity index (χ3n) is 0.267. The summed E-state index contributed by atoms with van der Waals surface area (Å²) in [6.45, 7) is 0. The SMILES string of the molecule is O=C(O)OO.OOB(O)O.OOB(O)O.[H-].[H-].[H-].[Na+].[Na+].[Na+]. The smallest absolute Gasteiger partial charge is 1.00 e. The van der Waals surface area contributed by atoms with Crippen molar-refractivity contribution < 1.29 is 153 Å². The molecule has 0 spiro atoms. The van der Waals surface area contributed by atoms with Gasteiger partial charge in [-0.2, -0.15) is 5.26 Å². The van der Waals surface area contributed by atoms with E-state index in [0.717, 1.165) is 0 Å². The average Bonchev–Trinajstić information content (AvgIpc) is 2.19. The molecule has 17 heteroatoms. The number of carbonyl (C=O) groups is 1. The topological polar surface area (TPSA) is 207 Å². The van der Waals surface area contributed by atoms with Gasteiger partial charge in [-0.15, -0.1) is 0 Å². The molecule has 0 aromatic carbocycles. The van der Waals surface area contributed by atoms with Gasteiger partial charge >= 0.3 is 109 Å². The minimum absolute atomic E-state index is 0. The minimum Gasteiger partial charge on any atom is -1.00 e. The summed E-state index contributed by atoms with van der Waals surface area (Å²) in [6.07, 6.45) is -1.69. The van der Waals surface area contributed by atoms with E-state index in [4.69, 9.17) is 45.8 Å². The van der Waals surface area contributed by atoms with Crippen molar-refractivity contribution in [2.75, 3.05) is 0 Å². The van der Waals surface area contributed by atoms with Crippen LogP contribution in [0.5, 0.6) is 0 Å². The summed E-state index contributed by atoms with van der Waals surface area (Å²) >= 11 is 0. The maximum atomic E-state index is 8.90. The van der Waals surface area contributed by atoms with Crippen molar-refractivity contribution in [2.45, 2.75) is 0 Å². The van der Waals surface area contributed by atoms with E-state index in [0.29, 0.717) is 0 Å².